The molecule has 1 saturated heterocycles. The number of nitrogens with zero attached hydrogens (tertiary/aromatic N) is 3. The van der Waals surface area contributed by atoms with Gasteiger partial charge in [0, 0.05) is 44.9 Å². The topological polar surface area (TPSA) is 62.6 Å². The van der Waals surface area contributed by atoms with Crippen molar-refractivity contribution >= 4 is 26.4 Å². The van der Waals surface area contributed by atoms with Gasteiger partial charge in [-0.1, -0.05) is 18.2 Å². The molecule has 1 aromatic heterocycles. The van der Waals surface area contributed by atoms with Gasteiger partial charge in [0.05, 0.1) is 11.2 Å². The normalized spacial score (nSPS) is 16.9. The van der Waals surface area contributed by atoms with Crippen LogP contribution in [0.3, 0.4) is 0 Å². The SMILES string of the molecule is CN1CCN(c2c(S(C)(=O)=O)c(=O)n(C)c3ccccc23)CC1. The van der Waals surface area contributed by atoms with Crippen LogP contribution in [0.25, 0.3) is 10.9 Å². The lowest BCUT2D eigenvalue weighted by molar-refractivity contribution is 0.312. The molecule has 2 heterocycles. The first-order valence-electron chi connectivity index (χ1n) is 7.56. The largest absolute Gasteiger partial charge is 0.367 e. The number of hydrogen-bond acceptors (Lipinski definition) is 5. The molecular formula is C16H21N3O3S. The van der Waals surface area contributed by atoms with Gasteiger partial charge in [-0.15, -0.1) is 0 Å². The molecule has 2 aromatic rings. The zero-order valence-electron chi connectivity index (χ0n) is 13.6. The van der Waals surface area contributed by atoms with E-state index in [0.29, 0.717) is 18.8 Å². The highest BCUT2D eigenvalue weighted by atomic mass is 32.2. The molecular weight excluding hydrogens is 314 g/mol. The number of rotatable bonds is 2. The maximum absolute atomic E-state index is 12.7. The lowest BCUT2D eigenvalue weighted by Crippen LogP contribution is -2.45. The molecule has 1 aliphatic heterocycles. The maximum Gasteiger partial charge on any atom is 0.271 e. The molecule has 0 radical (unpaired) electrons. The molecule has 23 heavy (non-hydrogen) atoms. The number of benzene rings is 1. The lowest BCUT2D eigenvalue weighted by Gasteiger charge is -2.35. The molecule has 0 atom stereocenters. The molecule has 1 aromatic carbocycles. The summed E-state index contributed by atoms with van der Waals surface area (Å²) >= 11 is 0. The Balaban J connectivity index is 2.38. The van der Waals surface area contributed by atoms with Crippen molar-refractivity contribution in [2.24, 2.45) is 7.05 Å². The van der Waals surface area contributed by atoms with Gasteiger partial charge in [-0.2, -0.15) is 0 Å². The predicted octanol–water partition coefficient (Wildman–Crippen LogP) is 0.694. The molecule has 6 nitrogen and oxygen atoms in total. The van der Waals surface area contributed by atoms with Gasteiger partial charge < -0.3 is 14.4 Å². The van der Waals surface area contributed by atoms with E-state index in [2.05, 4.69) is 4.90 Å². The number of anilines is 1. The monoisotopic (exact) mass is 335 g/mol. The van der Waals surface area contributed by atoms with Gasteiger partial charge in [-0.3, -0.25) is 4.79 Å². The van der Waals surface area contributed by atoms with Crippen molar-refractivity contribution in [3.63, 3.8) is 0 Å². The Morgan fingerprint density at radius 1 is 1.00 bits per heavy atom. The van der Waals surface area contributed by atoms with Crippen molar-refractivity contribution in [3.05, 3.63) is 34.6 Å². The average Bonchev–Trinajstić information content (AvgIpc) is 2.50. The van der Waals surface area contributed by atoms with Crippen LogP contribution in [-0.4, -0.2) is 57.4 Å². The molecule has 0 aliphatic carbocycles. The third-order valence-electron chi connectivity index (χ3n) is 4.42. The van der Waals surface area contributed by atoms with Gasteiger partial charge in [0.15, 0.2) is 14.7 Å². The highest BCUT2D eigenvalue weighted by molar-refractivity contribution is 7.90. The highest BCUT2D eigenvalue weighted by Gasteiger charge is 2.28. The number of sulfone groups is 1. The number of fused-ring (bicyclic) bond motifs is 1. The minimum Gasteiger partial charge on any atom is -0.367 e. The third-order valence-corrected chi connectivity index (χ3v) is 5.53. The highest BCUT2D eigenvalue weighted by Crippen LogP contribution is 2.31. The summed E-state index contributed by atoms with van der Waals surface area (Å²) in [4.78, 5) is 16.8. The fourth-order valence-electron chi connectivity index (χ4n) is 3.13. The van der Waals surface area contributed by atoms with Crippen LogP contribution in [0.4, 0.5) is 5.69 Å². The van der Waals surface area contributed by atoms with E-state index >= 15 is 0 Å². The molecule has 124 valence electrons. The lowest BCUT2D eigenvalue weighted by atomic mass is 10.1. The fraction of sp³-hybridized carbons (Fsp3) is 0.438. The van der Waals surface area contributed by atoms with Crippen LogP contribution in [0.15, 0.2) is 34.0 Å². The predicted molar refractivity (Wildman–Crippen MR) is 92.0 cm³/mol. The van der Waals surface area contributed by atoms with E-state index in [1.54, 1.807) is 7.05 Å². The summed E-state index contributed by atoms with van der Waals surface area (Å²) in [6, 6.07) is 7.47. The van der Waals surface area contributed by atoms with Crippen LogP contribution in [0, 0.1) is 0 Å². The first kappa shape index (κ1) is 16.0. The second-order valence-electron chi connectivity index (χ2n) is 6.12. The van der Waals surface area contributed by atoms with Gasteiger partial charge in [0.25, 0.3) is 5.56 Å². The number of likely N-dealkylation sites (N-methyl/N-ethyl adjacent to an activating group) is 1. The van der Waals surface area contributed by atoms with Gasteiger partial charge in [-0.25, -0.2) is 8.42 Å². The number of aryl methyl sites for hydroxylation is 1. The summed E-state index contributed by atoms with van der Waals surface area (Å²) in [6.07, 6.45) is 1.11. The summed E-state index contributed by atoms with van der Waals surface area (Å²) in [6.45, 7) is 3.09. The maximum atomic E-state index is 12.7. The second kappa shape index (κ2) is 5.65. The van der Waals surface area contributed by atoms with Crippen LogP contribution < -0.4 is 10.5 Å². The Bertz CT molecular complexity index is 910. The van der Waals surface area contributed by atoms with Crippen molar-refractivity contribution in [1.29, 1.82) is 0 Å². The third kappa shape index (κ3) is 2.74. The van der Waals surface area contributed by atoms with Crippen LogP contribution in [0.5, 0.6) is 0 Å². The number of piperazine rings is 1. The Morgan fingerprint density at radius 2 is 1.61 bits per heavy atom. The standard InChI is InChI=1S/C16H21N3O3S/c1-17-8-10-19(11-9-17)14-12-6-4-5-7-13(12)18(2)16(20)15(14)23(3,21)22/h4-7H,8-11H2,1-3H3. The average molecular weight is 335 g/mol. The Labute approximate surface area is 135 Å². The summed E-state index contributed by atoms with van der Waals surface area (Å²) in [5.41, 5.74) is 0.846. The molecule has 7 heteroatoms. The Hall–Kier alpha value is -1.86. The molecule has 0 N–H and O–H groups in total. The van der Waals surface area contributed by atoms with Gasteiger partial charge in [0.2, 0.25) is 0 Å². The van der Waals surface area contributed by atoms with E-state index < -0.39 is 15.4 Å². The van der Waals surface area contributed by atoms with E-state index in [0.717, 1.165) is 30.2 Å². The van der Waals surface area contributed by atoms with Gasteiger partial charge >= 0.3 is 0 Å². The fourth-order valence-corrected chi connectivity index (χ4v) is 4.17. The summed E-state index contributed by atoms with van der Waals surface area (Å²) in [5, 5.41) is 0.805. The van der Waals surface area contributed by atoms with Crippen molar-refractivity contribution in [3.8, 4) is 0 Å². The Kier molecular flexibility index (Phi) is 3.93. The van der Waals surface area contributed by atoms with Crippen LogP contribution in [0.2, 0.25) is 0 Å². The van der Waals surface area contributed by atoms with E-state index in [4.69, 9.17) is 0 Å². The molecule has 0 spiro atoms. The first-order valence-corrected chi connectivity index (χ1v) is 9.45. The number of para-hydroxylation sites is 1. The van der Waals surface area contributed by atoms with Crippen molar-refractivity contribution in [1.82, 2.24) is 9.47 Å². The number of hydrogen-bond donors (Lipinski definition) is 0. The molecule has 3 rings (SSSR count). The molecule has 1 aliphatic rings. The summed E-state index contributed by atoms with van der Waals surface area (Å²) in [7, 11) is 0.0272. The number of pyridine rings is 1. The first-order chi connectivity index (χ1) is 10.8. The van der Waals surface area contributed by atoms with Crippen LogP contribution >= 0.6 is 0 Å². The number of aromatic nitrogens is 1. The zero-order chi connectivity index (χ0) is 16.8. The van der Waals surface area contributed by atoms with E-state index in [-0.39, 0.29) is 4.90 Å². The molecule has 0 saturated carbocycles. The van der Waals surface area contributed by atoms with Crippen LogP contribution in [0.1, 0.15) is 0 Å². The van der Waals surface area contributed by atoms with Gasteiger partial charge in [0.1, 0.15) is 0 Å². The molecule has 1 fully saturated rings. The minimum absolute atomic E-state index is 0.0942. The van der Waals surface area contributed by atoms with Crippen molar-refractivity contribution < 1.29 is 8.42 Å². The molecule has 0 unspecified atom stereocenters. The van der Waals surface area contributed by atoms with Crippen molar-refractivity contribution in [2.75, 3.05) is 44.4 Å². The van der Waals surface area contributed by atoms with Crippen LogP contribution in [-0.2, 0) is 16.9 Å². The Morgan fingerprint density at radius 3 is 2.22 bits per heavy atom. The van der Waals surface area contributed by atoms with Crippen molar-refractivity contribution in [2.45, 2.75) is 4.90 Å². The molecule has 0 bridgehead atoms. The quantitative estimate of drug-likeness (QED) is 0.808. The minimum atomic E-state index is -3.63. The molecule has 0 amide bonds. The van der Waals surface area contributed by atoms with E-state index in [1.807, 2.05) is 36.2 Å². The van der Waals surface area contributed by atoms with Gasteiger partial charge in [-0.05, 0) is 13.1 Å². The van der Waals surface area contributed by atoms with E-state index in [9.17, 15) is 13.2 Å². The summed E-state index contributed by atoms with van der Waals surface area (Å²) < 4.78 is 26.1. The van der Waals surface area contributed by atoms with E-state index in [1.165, 1.54) is 4.57 Å². The summed E-state index contributed by atoms with van der Waals surface area (Å²) in [5.74, 6) is 0. The smallest absolute Gasteiger partial charge is 0.271 e. The second-order valence-corrected chi connectivity index (χ2v) is 8.07. The zero-order valence-corrected chi connectivity index (χ0v) is 14.4.